The molecule has 0 amide bonds. The maximum Gasteiger partial charge on any atom is 0.231 e. The van der Waals surface area contributed by atoms with Crippen molar-refractivity contribution < 1.29 is 4.74 Å². The number of hydrogen-bond acceptors (Lipinski definition) is 7. The average Bonchev–Trinajstić information content (AvgIpc) is 3.10. The summed E-state index contributed by atoms with van der Waals surface area (Å²) in [5.41, 5.74) is -0.0902. The molecular formula is C14H24N6O. The lowest BCUT2D eigenvalue weighted by Gasteiger charge is -2.24. The van der Waals surface area contributed by atoms with E-state index < -0.39 is 0 Å². The maximum absolute atomic E-state index is 5.48. The highest BCUT2D eigenvalue weighted by Crippen LogP contribution is 2.24. The second kappa shape index (κ2) is 6.01. The number of hydrogen-bond donors (Lipinski definition) is 2. The molecule has 2 saturated heterocycles. The van der Waals surface area contributed by atoms with Crippen molar-refractivity contribution in [3.8, 4) is 0 Å². The number of aromatic nitrogens is 3. The van der Waals surface area contributed by atoms with Crippen LogP contribution in [-0.2, 0) is 4.74 Å². The third-order valence-corrected chi connectivity index (χ3v) is 3.98. The molecule has 21 heavy (non-hydrogen) atoms. The first-order valence-corrected chi connectivity index (χ1v) is 7.79. The summed E-state index contributed by atoms with van der Waals surface area (Å²) in [5.74, 6) is 2.04. The molecule has 0 saturated carbocycles. The first-order chi connectivity index (χ1) is 10.2. The van der Waals surface area contributed by atoms with Crippen LogP contribution in [0.15, 0.2) is 0 Å². The predicted octanol–water partition coefficient (Wildman–Crippen LogP) is 1.49. The first kappa shape index (κ1) is 14.3. The van der Waals surface area contributed by atoms with Crippen LogP contribution in [0.4, 0.5) is 17.8 Å². The zero-order valence-corrected chi connectivity index (χ0v) is 12.9. The van der Waals surface area contributed by atoms with E-state index in [1.165, 1.54) is 12.8 Å². The predicted molar refractivity (Wildman–Crippen MR) is 82.9 cm³/mol. The molecule has 0 bridgehead atoms. The van der Waals surface area contributed by atoms with E-state index in [4.69, 9.17) is 4.74 Å². The summed E-state index contributed by atoms with van der Waals surface area (Å²) in [7, 11) is 0. The average molecular weight is 292 g/mol. The van der Waals surface area contributed by atoms with Crippen LogP contribution in [0.2, 0.25) is 0 Å². The highest BCUT2D eigenvalue weighted by Gasteiger charge is 2.31. The number of ether oxygens (including phenoxy) is 1. The van der Waals surface area contributed by atoms with Crippen LogP contribution in [-0.4, -0.2) is 53.3 Å². The van der Waals surface area contributed by atoms with Gasteiger partial charge in [0.15, 0.2) is 0 Å². The van der Waals surface area contributed by atoms with Crippen molar-refractivity contribution in [1.82, 2.24) is 15.0 Å². The Kier molecular flexibility index (Phi) is 4.10. The SMILES string of the molecule is CCNc1nc(NC2(C)CCOC2)nc(N2CCCC2)n1. The third kappa shape index (κ3) is 3.34. The zero-order chi connectivity index (χ0) is 14.7. The van der Waals surface area contributed by atoms with Crippen molar-refractivity contribution in [3.05, 3.63) is 0 Å². The molecule has 0 aromatic carbocycles. The molecule has 2 aliphatic rings. The van der Waals surface area contributed by atoms with E-state index >= 15 is 0 Å². The van der Waals surface area contributed by atoms with Crippen LogP contribution in [0.3, 0.4) is 0 Å². The van der Waals surface area contributed by atoms with Gasteiger partial charge in [0.1, 0.15) is 0 Å². The minimum absolute atomic E-state index is 0.0902. The summed E-state index contributed by atoms with van der Waals surface area (Å²) in [5, 5.41) is 6.62. The Hall–Kier alpha value is -1.63. The van der Waals surface area contributed by atoms with Gasteiger partial charge in [-0.1, -0.05) is 0 Å². The lowest BCUT2D eigenvalue weighted by atomic mass is 10.0. The summed E-state index contributed by atoms with van der Waals surface area (Å²) in [4.78, 5) is 15.8. The highest BCUT2D eigenvalue weighted by molar-refractivity contribution is 5.45. The second-order valence-electron chi connectivity index (χ2n) is 6.00. The molecule has 1 aromatic rings. The molecule has 1 unspecified atom stereocenters. The van der Waals surface area contributed by atoms with Gasteiger partial charge in [-0.25, -0.2) is 0 Å². The molecule has 0 radical (unpaired) electrons. The van der Waals surface area contributed by atoms with Gasteiger partial charge in [-0.3, -0.25) is 0 Å². The highest BCUT2D eigenvalue weighted by atomic mass is 16.5. The van der Waals surface area contributed by atoms with E-state index in [1.807, 2.05) is 6.92 Å². The molecule has 0 aliphatic carbocycles. The van der Waals surface area contributed by atoms with E-state index in [0.29, 0.717) is 18.5 Å². The fourth-order valence-electron chi connectivity index (χ4n) is 2.75. The number of nitrogens with one attached hydrogen (secondary N) is 2. The van der Waals surface area contributed by atoms with Crippen molar-refractivity contribution in [2.45, 2.75) is 38.6 Å². The number of anilines is 3. The Morgan fingerprint density at radius 3 is 2.62 bits per heavy atom. The maximum atomic E-state index is 5.48. The molecule has 2 aliphatic heterocycles. The molecule has 3 heterocycles. The Morgan fingerprint density at radius 1 is 1.19 bits per heavy atom. The fraction of sp³-hybridized carbons (Fsp3) is 0.786. The number of rotatable bonds is 5. The lowest BCUT2D eigenvalue weighted by Crippen LogP contribution is -2.36. The van der Waals surface area contributed by atoms with Crippen molar-refractivity contribution in [2.24, 2.45) is 0 Å². The van der Waals surface area contributed by atoms with Crippen LogP contribution < -0.4 is 15.5 Å². The van der Waals surface area contributed by atoms with E-state index in [9.17, 15) is 0 Å². The van der Waals surface area contributed by atoms with Gasteiger partial charge in [-0.2, -0.15) is 15.0 Å². The summed E-state index contributed by atoms with van der Waals surface area (Å²) in [6.07, 6.45) is 3.38. The monoisotopic (exact) mass is 292 g/mol. The number of nitrogens with zero attached hydrogens (tertiary/aromatic N) is 4. The molecule has 116 valence electrons. The standard InChI is InChI=1S/C14H24N6O/c1-3-15-11-16-12(19-14(2)6-9-21-10-14)18-13(17-11)20-7-4-5-8-20/h3-10H2,1-2H3,(H2,15,16,17,18,19). The van der Waals surface area contributed by atoms with Crippen LogP contribution >= 0.6 is 0 Å². The summed E-state index contributed by atoms with van der Waals surface area (Å²) in [6.45, 7) is 8.50. The molecule has 0 spiro atoms. The zero-order valence-electron chi connectivity index (χ0n) is 12.9. The van der Waals surface area contributed by atoms with E-state index in [1.54, 1.807) is 0 Å². The van der Waals surface area contributed by atoms with E-state index in [-0.39, 0.29) is 5.54 Å². The van der Waals surface area contributed by atoms with Gasteiger partial charge in [0.2, 0.25) is 17.8 Å². The Morgan fingerprint density at radius 2 is 1.95 bits per heavy atom. The molecule has 2 N–H and O–H groups in total. The smallest absolute Gasteiger partial charge is 0.231 e. The largest absolute Gasteiger partial charge is 0.379 e. The van der Waals surface area contributed by atoms with Gasteiger partial charge in [0.25, 0.3) is 0 Å². The van der Waals surface area contributed by atoms with Crippen molar-refractivity contribution in [3.63, 3.8) is 0 Å². The van der Waals surface area contributed by atoms with Gasteiger partial charge >= 0.3 is 0 Å². The molecular weight excluding hydrogens is 268 g/mol. The molecule has 1 atom stereocenters. The van der Waals surface area contributed by atoms with Gasteiger partial charge < -0.3 is 20.3 Å². The minimum atomic E-state index is -0.0902. The minimum Gasteiger partial charge on any atom is -0.379 e. The summed E-state index contributed by atoms with van der Waals surface area (Å²) in [6, 6.07) is 0. The Bertz CT molecular complexity index is 482. The van der Waals surface area contributed by atoms with Crippen LogP contribution in [0.5, 0.6) is 0 Å². The second-order valence-corrected chi connectivity index (χ2v) is 6.00. The summed E-state index contributed by atoms with van der Waals surface area (Å²) >= 11 is 0. The first-order valence-electron chi connectivity index (χ1n) is 7.79. The van der Waals surface area contributed by atoms with Crippen LogP contribution in [0, 0.1) is 0 Å². The normalized spacial score (nSPS) is 25.3. The van der Waals surface area contributed by atoms with Gasteiger partial charge in [-0.05, 0) is 33.1 Å². The van der Waals surface area contributed by atoms with Crippen LogP contribution in [0.25, 0.3) is 0 Å². The molecule has 3 rings (SSSR count). The van der Waals surface area contributed by atoms with Crippen LogP contribution in [0.1, 0.15) is 33.1 Å². The Balaban J connectivity index is 1.83. The van der Waals surface area contributed by atoms with E-state index in [2.05, 4.69) is 37.4 Å². The topological polar surface area (TPSA) is 75.2 Å². The summed E-state index contributed by atoms with van der Waals surface area (Å²) < 4.78 is 5.48. The third-order valence-electron chi connectivity index (χ3n) is 3.98. The molecule has 7 heteroatoms. The fourth-order valence-corrected chi connectivity index (χ4v) is 2.75. The van der Waals surface area contributed by atoms with Gasteiger partial charge in [0.05, 0.1) is 12.1 Å². The van der Waals surface area contributed by atoms with E-state index in [0.717, 1.165) is 38.6 Å². The van der Waals surface area contributed by atoms with Crippen molar-refractivity contribution >= 4 is 17.8 Å². The van der Waals surface area contributed by atoms with Crippen molar-refractivity contribution in [1.29, 1.82) is 0 Å². The molecule has 7 nitrogen and oxygen atoms in total. The molecule has 2 fully saturated rings. The molecule has 1 aromatic heterocycles. The quantitative estimate of drug-likeness (QED) is 0.851. The van der Waals surface area contributed by atoms with Crippen molar-refractivity contribution in [2.75, 3.05) is 48.4 Å². The Labute approximate surface area is 125 Å². The lowest BCUT2D eigenvalue weighted by molar-refractivity contribution is 0.185. The van der Waals surface area contributed by atoms with Gasteiger partial charge in [-0.15, -0.1) is 0 Å². The van der Waals surface area contributed by atoms with Gasteiger partial charge in [0, 0.05) is 26.2 Å².